The minimum atomic E-state index is -0.209. The third-order valence-corrected chi connectivity index (χ3v) is 2.92. The van der Waals surface area contributed by atoms with Gasteiger partial charge in [-0.3, -0.25) is 9.59 Å². The number of nitrogens with one attached hydrogen (secondary N) is 2. The van der Waals surface area contributed by atoms with E-state index in [2.05, 4.69) is 16.7 Å². The largest absolute Gasteiger partial charge is 0.355 e. The molecular formula is C14H24N2O2. The minimum absolute atomic E-state index is 0.0722. The lowest BCUT2D eigenvalue weighted by Crippen LogP contribution is -2.35. The van der Waals surface area contributed by atoms with Crippen LogP contribution >= 0.6 is 0 Å². The molecule has 0 atom stereocenters. The highest BCUT2D eigenvalue weighted by atomic mass is 16.2. The molecule has 102 valence electrons. The van der Waals surface area contributed by atoms with Gasteiger partial charge in [0.1, 0.15) is 6.42 Å². The lowest BCUT2D eigenvalue weighted by molar-refractivity contribution is -0.129. The Bertz CT molecular complexity index is 322. The van der Waals surface area contributed by atoms with Gasteiger partial charge in [-0.2, -0.15) is 0 Å². The fraction of sp³-hybridized carbons (Fsp3) is 0.714. The summed E-state index contributed by atoms with van der Waals surface area (Å²) in [5, 5.41) is 5.50. The molecule has 1 aliphatic rings. The molecule has 4 heteroatoms. The smallest absolute Gasteiger partial charge is 0.229 e. The Balaban J connectivity index is 2.13. The van der Waals surface area contributed by atoms with Gasteiger partial charge in [0.15, 0.2) is 0 Å². The molecule has 2 N–H and O–H groups in total. The van der Waals surface area contributed by atoms with E-state index in [1.165, 1.54) is 24.8 Å². The van der Waals surface area contributed by atoms with Gasteiger partial charge in [0, 0.05) is 12.6 Å². The van der Waals surface area contributed by atoms with Crippen LogP contribution in [-0.2, 0) is 9.59 Å². The van der Waals surface area contributed by atoms with Gasteiger partial charge in [-0.15, -0.1) is 0 Å². The molecule has 0 aromatic heterocycles. The summed E-state index contributed by atoms with van der Waals surface area (Å²) < 4.78 is 0. The van der Waals surface area contributed by atoms with Crippen LogP contribution in [0.3, 0.4) is 0 Å². The number of carbonyl (C=O) groups is 2. The summed E-state index contributed by atoms with van der Waals surface area (Å²) in [6, 6.07) is 0.0812. The standard InChI is InChI=1S/C14H24N2O2/c1-11(2)16-14(18)10-13(17)15-9-8-12-6-4-3-5-7-12/h6,11H,3-5,7-10H2,1-2H3,(H,15,17)(H,16,18). The molecule has 0 aliphatic heterocycles. The maximum Gasteiger partial charge on any atom is 0.229 e. The van der Waals surface area contributed by atoms with Crippen LogP contribution in [0.4, 0.5) is 0 Å². The Kier molecular flexibility index (Phi) is 6.47. The molecule has 0 saturated heterocycles. The molecule has 0 aromatic carbocycles. The average Bonchev–Trinajstić information content (AvgIpc) is 2.29. The third-order valence-electron chi connectivity index (χ3n) is 2.92. The monoisotopic (exact) mass is 252 g/mol. The van der Waals surface area contributed by atoms with Crippen molar-refractivity contribution in [3.8, 4) is 0 Å². The topological polar surface area (TPSA) is 58.2 Å². The second kappa shape index (κ2) is 7.90. The van der Waals surface area contributed by atoms with Crippen molar-refractivity contribution in [1.29, 1.82) is 0 Å². The number of rotatable bonds is 6. The zero-order valence-corrected chi connectivity index (χ0v) is 11.4. The summed E-state index contributed by atoms with van der Waals surface area (Å²) in [6.45, 7) is 4.40. The van der Waals surface area contributed by atoms with Crippen LogP contribution < -0.4 is 10.6 Å². The molecular weight excluding hydrogens is 228 g/mol. The van der Waals surface area contributed by atoms with Crippen molar-refractivity contribution in [3.63, 3.8) is 0 Å². The third kappa shape index (κ3) is 6.42. The van der Waals surface area contributed by atoms with E-state index in [1.807, 2.05) is 13.8 Å². The van der Waals surface area contributed by atoms with Crippen molar-refractivity contribution in [2.24, 2.45) is 0 Å². The van der Waals surface area contributed by atoms with Crippen molar-refractivity contribution in [2.45, 2.75) is 58.4 Å². The molecule has 0 saturated carbocycles. The fourth-order valence-corrected chi connectivity index (χ4v) is 2.08. The van der Waals surface area contributed by atoms with Gasteiger partial charge in [0.05, 0.1) is 0 Å². The van der Waals surface area contributed by atoms with Crippen LogP contribution in [0, 0.1) is 0 Å². The summed E-state index contributed by atoms with van der Waals surface area (Å²) in [5.74, 6) is -0.399. The summed E-state index contributed by atoms with van der Waals surface area (Å²) >= 11 is 0. The predicted octanol–water partition coefficient (Wildman–Crippen LogP) is 1.91. The molecule has 0 bridgehead atoms. The van der Waals surface area contributed by atoms with E-state index in [4.69, 9.17) is 0 Å². The molecule has 0 aromatic rings. The van der Waals surface area contributed by atoms with Crippen LogP contribution in [0.25, 0.3) is 0 Å². The fourth-order valence-electron chi connectivity index (χ4n) is 2.08. The zero-order valence-electron chi connectivity index (χ0n) is 11.4. The van der Waals surface area contributed by atoms with E-state index in [1.54, 1.807) is 0 Å². The molecule has 1 aliphatic carbocycles. The molecule has 4 nitrogen and oxygen atoms in total. The summed E-state index contributed by atoms with van der Waals surface area (Å²) in [4.78, 5) is 22.8. The molecule has 0 heterocycles. The second-order valence-electron chi connectivity index (χ2n) is 5.11. The minimum Gasteiger partial charge on any atom is -0.355 e. The SMILES string of the molecule is CC(C)NC(=O)CC(=O)NCCC1=CCCCC1. The van der Waals surface area contributed by atoms with E-state index in [0.29, 0.717) is 6.54 Å². The Morgan fingerprint density at radius 3 is 2.67 bits per heavy atom. The number of hydrogen-bond donors (Lipinski definition) is 2. The van der Waals surface area contributed by atoms with E-state index < -0.39 is 0 Å². The van der Waals surface area contributed by atoms with E-state index in [0.717, 1.165) is 12.8 Å². The molecule has 0 fully saturated rings. The van der Waals surface area contributed by atoms with Crippen molar-refractivity contribution in [2.75, 3.05) is 6.54 Å². The second-order valence-corrected chi connectivity index (χ2v) is 5.11. The molecule has 0 spiro atoms. The molecule has 18 heavy (non-hydrogen) atoms. The lowest BCUT2D eigenvalue weighted by atomic mass is 9.97. The van der Waals surface area contributed by atoms with Gasteiger partial charge in [-0.25, -0.2) is 0 Å². The van der Waals surface area contributed by atoms with Crippen LogP contribution in [0.1, 0.15) is 52.4 Å². The summed E-state index contributed by atoms with van der Waals surface area (Å²) in [5.41, 5.74) is 1.44. The first-order valence-electron chi connectivity index (χ1n) is 6.82. The Labute approximate surface area is 109 Å². The first-order valence-corrected chi connectivity index (χ1v) is 6.82. The lowest BCUT2D eigenvalue weighted by Gasteiger charge is -2.13. The van der Waals surface area contributed by atoms with Gasteiger partial charge in [-0.1, -0.05) is 11.6 Å². The van der Waals surface area contributed by atoms with E-state index in [-0.39, 0.29) is 24.3 Å². The van der Waals surface area contributed by atoms with Gasteiger partial charge < -0.3 is 10.6 Å². The molecule has 1 rings (SSSR count). The van der Waals surface area contributed by atoms with Gasteiger partial charge >= 0.3 is 0 Å². The number of allylic oxidation sites excluding steroid dienone is 1. The van der Waals surface area contributed by atoms with Gasteiger partial charge in [-0.05, 0) is 46.0 Å². The van der Waals surface area contributed by atoms with Crippen molar-refractivity contribution < 1.29 is 9.59 Å². The maximum absolute atomic E-state index is 11.5. The number of hydrogen-bond acceptors (Lipinski definition) is 2. The van der Waals surface area contributed by atoms with Gasteiger partial charge in [0.2, 0.25) is 11.8 Å². The number of amides is 2. The van der Waals surface area contributed by atoms with Crippen molar-refractivity contribution in [3.05, 3.63) is 11.6 Å². The normalized spacial score (nSPS) is 15.2. The predicted molar refractivity (Wildman–Crippen MR) is 72.1 cm³/mol. The molecule has 0 unspecified atom stereocenters. The van der Waals surface area contributed by atoms with Crippen molar-refractivity contribution in [1.82, 2.24) is 10.6 Å². The Morgan fingerprint density at radius 2 is 2.06 bits per heavy atom. The van der Waals surface area contributed by atoms with Crippen molar-refractivity contribution >= 4 is 11.8 Å². The average molecular weight is 252 g/mol. The van der Waals surface area contributed by atoms with Crippen LogP contribution in [0.2, 0.25) is 0 Å². The number of carbonyl (C=O) groups excluding carboxylic acids is 2. The highest BCUT2D eigenvalue weighted by molar-refractivity contribution is 5.96. The van der Waals surface area contributed by atoms with Crippen LogP contribution in [0.15, 0.2) is 11.6 Å². The maximum atomic E-state index is 11.5. The van der Waals surface area contributed by atoms with E-state index >= 15 is 0 Å². The molecule has 0 radical (unpaired) electrons. The Hall–Kier alpha value is -1.32. The Morgan fingerprint density at radius 1 is 1.28 bits per heavy atom. The molecule has 2 amide bonds. The quantitative estimate of drug-likeness (QED) is 0.560. The first-order chi connectivity index (χ1) is 8.58. The van der Waals surface area contributed by atoms with Gasteiger partial charge in [0.25, 0.3) is 0 Å². The highest BCUT2D eigenvalue weighted by Gasteiger charge is 2.10. The summed E-state index contributed by atoms with van der Waals surface area (Å²) in [7, 11) is 0. The summed E-state index contributed by atoms with van der Waals surface area (Å²) in [6.07, 6.45) is 7.99. The highest BCUT2D eigenvalue weighted by Crippen LogP contribution is 2.19. The van der Waals surface area contributed by atoms with Crippen LogP contribution in [-0.4, -0.2) is 24.4 Å². The first kappa shape index (κ1) is 14.7. The van der Waals surface area contributed by atoms with Crippen LogP contribution in [0.5, 0.6) is 0 Å². The zero-order chi connectivity index (χ0) is 13.4. The van der Waals surface area contributed by atoms with E-state index in [9.17, 15) is 9.59 Å².